The third kappa shape index (κ3) is 1.84. The molecule has 14 heavy (non-hydrogen) atoms. The summed E-state index contributed by atoms with van der Waals surface area (Å²) in [6.07, 6.45) is 1.77. The average Bonchev–Trinajstić information content (AvgIpc) is 2.65. The number of nitrogens with one attached hydrogen (secondary N) is 2. The highest BCUT2D eigenvalue weighted by atomic mass is 15.1. The fraction of sp³-hybridized carbons (Fsp3) is 0.400. The topological polar surface area (TPSA) is 53.6 Å². The molecule has 2 aromatic rings. The van der Waals surface area contributed by atoms with Crippen LogP contribution in [0.15, 0.2) is 12.3 Å². The number of fused-ring (bicyclic) bond motifs is 1. The minimum atomic E-state index is 0.779. The zero-order chi connectivity index (χ0) is 10.6. The van der Waals surface area contributed by atoms with Crippen LogP contribution in [0.1, 0.15) is 19.5 Å². The maximum Gasteiger partial charge on any atom is 0.200 e. The second kappa shape index (κ2) is 4.60. The number of anilines is 1. The van der Waals surface area contributed by atoms with E-state index in [1.54, 1.807) is 6.20 Å². The summed E-state index contributed by atoms with van der Waals surface area (Å²) in [5.74, 6) is 0.779. The maximum atomic E-state index is 4.30. The highest BCUT2D eigenvalue weighted by Gasteiger charge is 2.02. The SMILES string of the molecule is CC.CNc1nc2c(C)nccc2[nH]1. The Kier molecular flexibility index (Phi) is 3.45. The largest absolute Gasteiger partial charge is 0.359 e. The molecule has 4 nitrogen and oxygen atoms in total. The number of rotatable bonds is 1. The van der Waals surface area contributed by atoms with E-state index in [2.05, 4.69) is 20.3 Å². The molecule has 0 amide bonds. The third-order valence-corrected chi connectivity index (χ3v) is 1.82. The molecule has 0 aliphatic rings. The molecule has 0 bridgehead atoms. The molecule has 2 aromatic heterocycles. The Morgan fingerprint density at radius 1 is 1.36 bits per heavy atom. The molecule has 0 saturated carbocycles. The Morgan fingerprint density at radius 2 is 2.07 bits per heavy atom. The molecule has 76 valence electrons. The fourth-order valence-corrected chi connectivity index (χ4v) is 1.19. The van der Waals surface area contributed by atoms with Gasteiger partial charge < -0.3 is 10.3 Å². The lowest BCUT2D eigenvalue weighted by Gasteiger charge is -1.89. The summed E-state index contributed by atoms with van der Waals surface area (Å²) in [6, 6.07) is 1.91. The Balaban J connectivity index is 0.000000461. The molecule has 0 unspecified atom stereocenters. The van der Waals surface area contributed by atoms with Gasteiger partial charge in [0.15, 0.2) is 0 Å². The predicted molar refractivity (Wildman–Crippen MR) is 59.5 cm³/mol. The van der Waals surface area contributed by atoms with E-state index < -0.39 is 0 Å². The monoisotopic (exact) mass is 192 g/mol. The molecular formula is C10H16N4. The lowest BCUT2D eigenvalue weighted by molar-refractivity contribution is 1.21. The van der Waals surface area contributed by atoms with Gasteiger partial charge in [-0.15, -0.1) is 0 Å². The van der Waals surface area contributed by atoms with Crippen LogP contribution in [-0.2, 0) is 0 Å². The van der Waals surface area contributed by atoms with Gasteiger partial charge >= 0.3 is 0 Å². The first kappa shape index (κ1) is 10.5. The van der Waals surface area contributed by atoms with E-state index in [9.17, 15) is 0 Å². The average molecular weight is 192 g/mol. The van der Waals surface area contributed by atoms with Gasteiger partial charge in [0.25, 0.3) is 0 Å². The molecule has 0 fully saturated rings. The van der Waals surface area contributed by atoms with Crippen molar-refractivity contribution in [3.05, 3.63) is 18.0 Å². The first-order valence-electron chi connectivity index (χ1n) is 4.80. The van der Waals surface area contributed by atoms with E-state index in [1.807, 2.05) is 33.9 Å². The Bertz CT molecular complexity index is 405. The number of hydrogen-bond acceptors (Lipinski definition) is 3. The van der Waals surface area contributed by atoms with E-state index in [0.717, 1.165) is 22.7 Å². The van der Waals surface area contributed by atoms with Gasteiger partial charge in [-0.05, 0) is 13.0 Å². The number of aromatic nitrogens is 3. The molecule has 2 N–H and O–H groups in total. The van der Waals surface area contributed by atoms with Crippen molar-refractivity contribution >= 4 is 17.0 Å². The van der Waals surface area contributed by atoms with Crippen LogP contribution >= 0.6 is 0 Å². The summed E-state index contributed by atoms with van der Waals surface area (Å²) in [5, 5.41) is 2.95. The maximum absolute atomic E-state index is 4.30. The summed E-state index contributed by atoms with van der Waals surface area (Å²) >= 11 is 0. The molecular weight excluding hydrogens is 176 g/mol. The summed E-state index contributed by atoms with van der Waals surface area (Å²) < 4.78 is 0. The van der Waals surface area contributed by atoms with E-state index in [-0.39, 0.29) is 0 Å². The highest BCUT2D eigenvalue weighted by molar-refractivity contribution is 5.79. The predicted octanol–water partition coefficient (Wildman–Crippen LogP) is 2.33. The van der Waals surface area contributed by atoms with Crippen molar-refractivity contribution in [2.24, 2.45) is 0 Å². The molecule has 0 radical (unpaired) electrons. The van der Waals surface area contributed by atoms with Crippen LogP contribution in [0.25, 0.3) is 11.0 Å². The van der Waals surface area contributed by atoms with Crippen LogP contribution in [0.4, 0.5) is 5.95 Å². The first-order valence-corrected chi connectivity index (χ1v) is 4.80. The zero-order valence-electron chi connectivity index (χ0n) is 9.05. The Hall–Kier alpha value is -1.58. The summed E-state index contributed by atoms with van der Waals surface area (Å²) in [4.78, 5) is 11.6. The molecule has 0 atom stereocenters. The van der Waals surface area contributed by atoms with Crippen molar-refractivity contribution in [3.63, 3.8) is 0 Å². The normalized spacial score (nSPS) is 9.43. The van der Waals surface area contributed by atoms with Crippen molar-refractivity contribution in [3.8, 4) is 0 Å². The number of aromatic amines is 1. The quantitative estimate of drug-likeness (QED) is 0.729. The van der Waals surface area contributed by atoms with E-state index in [4.69, 9.17) is 0 Å². The lowest BCUT2D eigenvalue weighted by Crippen LogP contribution is -1.88. The van der Waals surface area contributed by atoms with Gasteiger partial charge in [-0.3, -0.25) is 4.98 Å². The van der Waals surface area contributed by atoms with E-state index in [0.29, 0.717) is 0 Å². The standard InChI is InChI=1S/C8H10N4.C2H6/c1-5-7-6(3-4-10-5)11-8(9-2)12-7;1-2/h3-4H,1-2H3,(H2,9,11,12);1-2H3. The highest BCUT2D eigenvalue weighted by Crippen LogP contribution is 2.14. The number of pyridine rings is 1. The summed E-state index contributed by atoms with van der Waals surface area (Å²) in [7, 11) is 1.83. The van der Waals surface area contributed by atoms with Crippen LogP contribution in [0, 0.1) is 6.92 Å². The van der Waals surface area contributed by atoms with Gasteiger partial charge in [-0.25, -0.2) is 4.98 Å². The van der Waals surface area contributed by atoms with E-state index >= 15 is 0 Å². The minimum Gasteiger partial charge on any atom is -0.359 e. The molecule has 0 aromatic carbocycles. The van der Waals surface area contributed by atoms with Crippen LogP contribution in [0.3, 0.4) is 0 Å². The molecule has 0 aliphatic heterocycles. The zero-order valence-corrected chi connectivity index (χ0v) is 9.05. The van der Waals surface area contributed by atoms with Gasteiger partial charge in [0, 0.05) is 13.2 Å². The fourth-order valence-electron chi connectivity index (χ4n) is 1.19. The molecule has 4 heteroatoms. The van der Waals surface area contributed by atoms with Crippen molar-refractivity contribution in [1.82, 2.24) is 15.0 Å². The van der Waals surface area contributed by atoms with Crippen molar-refractivity contribution in [1.29, 1.82) is 0 Å². The van der Waals surface area contributed by atoms with Gasteiger partial charge in [0.05, 0.1) is 11.2 Å². The van der Waals surface area contributed by atoms with Gasteiger partial charge in [-0.1, -0.05) is 13.8 Å². The van der Waals surface area contributed by atoms with Crippen molar-refractivity contribution in [2.45, 2.75) is 20.8 Å². The molecule has 2 rings (SSSR count). The van der Waals surface area contributed by atoms with Gasteiger partial charge in [0.1, 0.15) is 5.52 Å². The van der Waals surface area contributed by atoms with Crippen LogP contribution < -0.4 is 5.32 Å². The van der Waals surface area contributed by atoms with E-state index in [1.165, 1.54) is 0 Å². The first-order chi connectivity index (χ1) is 6.81. The molecule has 0 spiro atoms. The van der Waals surface area contributed by atoms with Crippen molar-refractivity contribution < 1.29 is 0 Å². The van der Waals surface area contributed by atoms with Crippen LogP contribution in [-0.4, -0.2) is 22.0 Å². The lowest BCUT2D eigenvalue weighted by atomic mass is 10.3. The number of H-pyrrole nitrogens is 1. The number of imidazole rings is 1. The number of aryl methyl sites for hydroxylation is 1. The summed E-state index contributed by atoms with van der Waals surface area (Å²) in [6.45, 7) is 5.95. The van der Waals surface area contributed by atoms with Crippen LogP contribution in [0.5, 0.6) is 0 Å². The molecule has 0 saturated heterocycles. The Morgan fingerprint density at radius 3 is 2.64 bits per heavy atom. The molecule has 2 heterocycles. The number of hydrogen-bond donors (Lipinski definition) is 2. The Labute approximate surface area is 83.8 Å². The number of nitrogens with zero attached hydrogens (tertiary/aromatic N) is 2. The second-order valence-electron chi connectivity index (χ2n) is 2.63. The van der Waals surface area contributed by atoms with Crippen molar-refractivity contribution in [2.75, 3.05) is 12.4 Å². The van der Waals surface area contributed by atoms with Crippen LogP contribution in [0.2, 0.25) is 0 Å². The molecule has 0 aliphatic carbocycles. The van der Waals surface area contributed by atoms with Gasteiger partial charge in [-0.2, -0.15) is 0 Å². The summed E-state index contributed by atoms with van der Waals surface area (Å²) in [5.41, 5.74) is 2.90. The van der Waals surface area contributed by atoms with Gasteiger partial charge in [0.2, 0.25) is 5.95 Å². The third-order valence-electron chi connectivity index (χ3n) is 1.82. The minimum absolute atomic E-state index is 0.779. The second-order valence-corrected chi connectivity index (χ2v) is 2.63. The smallest absolute Gasteiger partial charge is 0.200 e.